The van der Waals surface area contributed by atoms with Gasteiger partial charge in [-0.3, -0.25) is 0 Å². The van der Waals surface area contributed by atoms with Gasteiger partial charge in [0, 0.05) is 19.8 Å². The van der Waals surface area contributed by atoms with E-state index in [0.717, 1.165) is 24.7 Å². The third kappa shape index (κ3) is 1.70. The lowest BCUT2D eigenvalue weighted by molar-refractivity contribution is 0.496. The molecule has 0 spiro atoms. The van der Waals surface area contributed by atoms with E-state index in [2.05, 4.69) is 9.97 Å². The second kappa shape index (κ2) is 3.53. The molecule has 0 aromatic carbocycles. The summed E-state index contributed by atoms with van der Waals surface area (Å²) >= 11 is 5.60. The van der Waals surface area contributed by atoms with Crippen molar-refractivity contribution in [1.29, 1.82) is 0 Å². The van der Waals surface area contributed by atoms with E-state index < -0.39 is 5.82 Å². The van der Waals surface area contributed by atoms with E-state index in [0.29, 0.717) is 5.69 Å². The molecule has 0 N–H and O–H groups in total. The van der Waals surface area contributed by atoms with Gasteiger partial charge in [-0.05, 0) is 23.6 Å². The first-order chi connectivity index (χ1) is 6.66. The SMILES string of the molecule is CN1C=C(c2nc(Cl)ncc2F)CC1. The molecule has 0 unspecified atom stereocenters. The number of halogens is 2. The molecule has 0 saturated heterocycles. The van der Waals surface area contributed by atoms with E-state index >= 15 is 0 Å². The van der Waals surface area contributed by atoms with Crippen LogP contribution in [0.15, 0.2) is 12.4 Å². The minimum Gasteiger partial charge on any atom is -0.380 e. The van der Waals surface area contributed by atoms with Gasteiger partial charge in [0.1, 0.15) is 5.69 Å². The van der Waals surface area contributed by atoms with E-state index in [9.17, 15) is 4.39 Å². The van der Waals surface area contributed by atoms with Crippen molar-refractivity contribution >= 4 is 17.2 Å². The zero-order chi connectivity index (χ0) is 10.1. The fourth-order valence-corrected chi connectivity index (χ4v) is 1.58. The smallest absolute Gasteiger partial charge is 0.223 e. The number of hydrogen-bond acceptors (Lipinski definition) is 3. The fraction of sp³-hybridized carbons (Fsp3) is 0.333. The highest BCUT2D eigenvalue weighted by Gasteiger charge is 2.16. The van der Waals surface area contributed by atoms with E-state index in [1.807, 2.05) is 18.1 Å². The molecule has 0 fully saturated rings. The highest BCUT2D eigenvalue weighted by Crippen LogP contribution is 2.24. The molecule has 0 amide bonds. The van der Waals surface area contributed by atoms with Gasteiger partial charge in [-0.15, -0.1) is 0 Å². The van der Waals surface area contributed by atoms with Crippen LogP contribution in [0.25, 0.3) is 5.57 Å². The molecule has 0 atom stereocenters. The number of nitrogens with zero attached hydrogens (tertiary/aromatic N) is 3. The molecule has 2 rings (SSSR count). The molecule has 1 aromatic rings. The van der Waals surface area contributed by atoms with Gasteiger partial charge in [0.2, 0.25) is 5.28 Å². The van der Waals surface area contributed by atoms with Crippen molar-refractivity contribution in [2.45, 2.75) is 6.42 Å². The summed E-state index contributed by atoms with van der Waals surface area (Å²) in [5.41, 5.74) is 1.18. The second-order valence-corrected chi connectivity index (χ2v) is 3.56. The molecule has 14 heavy (non-hydrogen) atoms. The summed E-state index contributed by atoms with van der Waals surface area (Å²) in [5, 5.41) is 0.0804. The predicted octanol–water partition coefficient (Wildman–Crippen LogP) is 1.95. The molecule has 0 bridgehead atoms. The van der Waals surface area contributed by atoms with Crippen molar-refractivity contribution in [3.8, 4) is 0 Å². The largest absolute Gasteiger partial charge is 0.380 e. The lowest BCUT2D eigenvalue weighted by atomic mass is 10.1. The number of aromatic nitrogens is 2. The Morgan fingerprint density at radius 2 is 2.36 bits per heavy atom. The Labute approximate surface area is 86.2 Å². The van der Waals surface area contributed by atoms with Crippen LogP contribution in [0.2, 0.25) is 5.28 Å². The molecule has 0 aliphatic carbocycles. The van der Waals surface area contributed by atoms with Crippen molar-refractivity contribution in [1.82, 2.24) is 14.9 Å². The van der Waals surface area contributed by atoms with Gasteiger partial charge < -0.3 is 4.90 Å². The molecular formula is C9H9ClFN3. The Hall–Kier alpha value is -1.16. The normalized spacial score (nSPS) is 15.9. The van der Waals surface area contributed by atoms with Gasteiger partial charge in [0.15, 0.2) is 5.82 Å². The van der Waals surface area contributed by atoms with Gasteiger partial charge in [0.25, 0.3) is 0 Å². The Bertz CT molecular complexity index is 392. The second-order valence-electron chi connectivity index (χ2n) is 3.22. The summed E-state index contributed by atoms with van der Waals surface area (Å²) in [7, 11) is 1.94. The highest BCUT2D eigenvalue weighted by molar-refractivity contribution is 6.28. The zero-order valence-electron chi connectivity index (χ0n) is 7.67. The van der Waals surface area contributed by atoms with Gasteiger partial charge in [-0.2, -0.15) is 0 Å². The molecule has 1 aliphatic heterocycles. The maximum atomic E-state index is 13.3. The van der Waals surface area contributed by atoms with Crippen LogP contribution in [0, 0.1) is 5.82 Å². The lowest BCUT2D eigenvalue weighted by Gasteiger charge is -2.02. The van der Waals surface area contributed by atoms with Gasteiger partial charge >= 0.3 is 0 Å². The highest BCUT2D eigenvalue weighted by atomic mass is 35.5. The quantitative estimate of drug-likeness (QED) is 0.668. The van der Waals surface area contributed by atoms with Crippen LogP contribution in [0.4, 0.5) is 4.39 Å². The minimum atomic E-state index is -0.420. The fourth-order valence-electron chi connectivity index (χ4n) is 1.44. The summed E-state index contributed by atoms with van der Waals surface area (Å²) in [6, 6.07) is 0. The average Bonchev–Trinajstić information content (AvgIpc) is 2.56. The third-order valence-electron chi connectivity index (χ3n) is 2.13. The van der Waals surface area contributed by atoms with Crippen LogP contribution in [0.5, 0.6) is 0 Å². The topological polar surface area (TPSA) is 29.0 Å². The monoisotopic (exact) mass is 213 g/mol. The summed E-state index contributed by atoms with van der Waals surface area (Å²) in [4.78, 5) is 9.43. The number of hydrogen-bond donors (Lipinski definition) is 0. The summed E-state index contributed by atoms with van der Waals surface area (Å²) in [5.74, 6) is -0.420. The molecule has 1 aliphatic rings. The molecule has 0 radical (unpaired) electrons. The lowest BCUT2D eigenvalue weighted by Crippen LogP contribution is -2.04. The maximum absolute atomic E-state index is 13.3. The van der Waals surface area contributed by atoms with E-state index in [4.69, 9.17) is 11.6 Å². The van der Waals surface area contributed by atoms with Crippen molar-refractivity contribution in [2.24, 2.45) is 0 Å². The molecule has 5 heteroatoms. The summed E-state index contributed by atoms with van der Waals surface area (Å²) in [6.07, 6.45) is 3.77. The molecule has 0 saturated carbocycles. The summed E-state index contributed by atoms with van der Waals surface area (Å²) < 4.78 is 13.3. The van der Waals surface area contributed by atoms with Gasteiger partial charge in [-0.25, -0.2) is 14.4 Å². The van der Waals surface area contributed by atoms with Crippen LogP contribution in [-0.2, 0) is 0 Å². The van der Waals surface area contributed by atoms with Crippen LogP contribution < -0.4 is 0 Å². The first kappa shape index (κ1) is 9.40. The van der Waals surface area contributed by atoms with Gasteiger partial charge in [0.05, 0.1) is 6.20 Å². The van der Waals surface area contributed by atoms with Crippen LogP contribution >= 0.6 is 11.6 Å². The third-order valence-corrected chi connectivity index (χ3v) is 2.31. The minimum absolute atomic E-state index is 0.0804. The molecule has 2 heterocycles. The first-order valence-corrected chi connectivity index (χ1v) is 4.64. The molecule has 74 valence electrons. The van der Waals surface area contributed by atoms with Crippen molar-refractivity contribution in [3.63, 3.8) is 0 Å². The standard InChI is InChI=1S/C9H9ClFN3/c1-14-3-2-6(5-14)8-7(11)4-12-9(10)13-8/h4-5H,2-3H2,1H3. The van der Waals surface area contributed by atoms with Crippen molar-refractivity contribution in [3.05, 3.63) is 29.2 Å². The number of rotatable bonds is 1. The van der Waals surface area contributed by atoms with E-state index in [1.54, 1.807) is 0 Å². The van der Waals surface area contributed by atoms with Crippen LogP contribution in [-0.4, -0.2) is 28.5 Å². The molecule has 3 nitrogen and oxygen atoms in total. The summed E-state index contributed by atoms with van der Waals surface area (Å²) in [6.45, 7) is 0.885. The zero-order valence-corrected chi connectivity index (χ0v) is 8.42. The average molecular weight is 214 g/mol. The van der Waals surface area contributed by atoms with Gasteiger partial charge in [-0.1, -0.05) is 0 Å². The Morgan fingerprint density at radius 3 is 3.00 bits per heavy atom. The Kier molecular flexibility index (Phi) is 2.37. The van der Waals surface area contributed by atoms with Crippen molar-refractivity contribution < 1.29 is 4.39 Å². The van der Waals surface area contributed by atoms with Crippen LogP contribution in [0.1, 0.15) is 12.1 Å². The predicted molar refractivity (Wildman–Crippen MR) is 52.2 cm³/mol. The Morgan fingerprint density at radius 1 is 1.57 bits per heavy atom. The van der Waals surface area contributed by atoms with E-state index in [1.165, 1.54) is 0 Å². The van der Waals surface area contributed by atoms with Crippen molar-refractivity contribution in [2.75, 3.05) is 13.6 Å². The Balaban J connectivity index is 2.41. The van der Waals surface area contributed by atoms with E-state index in [-0.39, 0.29) is 5.28 Å². The first-order valence-electron chi connectivity index (χ1n) is 4.26. The maximum Gasteiger partial charge on any atom is 0.223 e. The molecule has 1 aromatic heterocycles. The van der Waals surface area contributed by atoms with Crippen LogP contribution in [0.3, 0.4) is 0 Å². The molecular weight excluding hydrogens is 205 g/mol.